The van der Waals surface area contributed by atoms with Crippen LogP contribution in [0.2, 0.25) is 0 Å². The Morgan fingerprint density at radius 3 is 2.50 bits per heavy atom. The van der Waals surface area contributed by atoms with Gasteiger partial charge in [-0.25, -0.2) is 9.97 Å². The van der Waals surface area contributed by atoms with Crippen LogP contribution in [0.25, 0.3) is 22.6 Å². The molecule has 2 aliphatic rings. The highest BCUT2D eigenvalue weighted by Gasteiger charge is 2.26. The van der Waals surface area contributed by atoms with Crippen LogP contribution < -0.4 is 10.6 Å². The zero-order valence-electron chi connectivity index (χ0n) is 15.1. The molecule has 0 spiro atoms. The molecule has 1 aromatic carbocycles. The molecule has 3 aromatic rings. The van der Waals surface area contributed by atoms with Crippen molar-refractivity contribution in [1.29, 1.82) is 0 Å². The van der Waals surface area contributed by atoms with Crippen LogP contribution in [0.3, 0.4) is 0 Å². The molecule has 6 heteroatoms. The highest BCUT2D eigenvalue weighted by molar-refractivity contribution is 5.80. The number of piperidine rings is 1. The van der Waals surface area contributed by atoms with Gasteiger partial charge < -0.3 is 15.2 Å². The molecule has 1 aliphatic heterocycles. The van der Waals surface area contributed by atoms with E-state index < -0.39 is 0 Å². The molecular formula is C20H24N6. The van der Waals surface area contributed by atoms with E-state index in [0.717, 1.165) is 60.1 Å². The summed E-state index contributed by atoms with van der Waals surface area (Å²) in [5.41, 5.74) is 3.97. The lowest BCUT2D eigenvalue weighted by Gasteiger charge is -2.26. The number of nitrogens with one attached hydrogen (secondary N) is 2. The van der Waals surface area contributed by atoms with Gasteiger partial charge >= 0.3 is 0 Å². The zero-order valence-corrected chi connectivity index (χ0v) is 15.1. The number of fused-ring (bicyclic) bond motifs is 1. The van der Waals surface area contributed by atoms with Crippen LogP contribution in [0.5, 0.6) is 0 Å². The van der Waals surface area contributed by atoms with Gasteiger partial charge in [-0.3, -0.25) is 0 Å². The molecule has 1 saturated carbocycles. The molecule has 2 fully saturated rings. The Balaban J connectivity index is 1.70. The minimum absolute atomic E-state index is 0.416. The molecule has 0 amide bonds. The third-order valence-electron chi connectivity index (χ3n) is 5.33. The van der Waals surface area contributed by atoms with E-state index in [1.54, 1.807) is 0 Å². The average Bonchev–Trinajstić information content (AvgIpc) is 3.40. The number of benzene rings is 1. The second kappa shape index (κ2) is 6.36. The molecule has 6 nitrogen and oxygen atoms in total. The Labute approximate surface area is 153 Å². The van der Waals surface area contributed by atoms with E-state index in [9.17, 15) is 0 Å². The maximum atomic E-state index is 4.98. The summed E-state index contributed by atoms with van der Waals surface area (Å²) in [6, 6.07) is 11.4. The lowest BCUT2D eigenvalue weighted by molar-refractivity contribution is 0.376. The number of anilines is 1. The van der Waals surface area contributed by atoms with Crippen molar-refractivity contribution in [2.75, 3.05) is 18.4 Å². The lowest BCUT2D eigenvalue weighted by Crippen LogP contribution is -2.29. The normalized spacial score (nSPS) is 18.3. The van der Waals surface area contributed by atoms with Crippen LogP contribution >= 0.6 is 0 Å². The molecule has 0 bridgehead atoms. The number of hydrogen-bond donors (Lipinski definition) is 2. The number of aryl methyl sites for hydroxylation is 1. The average molecular weight is 348 g/mol. The summed E-state index contributed by atoms with van der Waals surface area (Å²) in [4.78, 5) is 14.5. The predicted molar refractivity (Wildman–Crippen MR) is 103 cm³/mol. The van der Waals surface area contributed by atoms with Crippen LogP contribution in [0.15, 0.2) is 30.3 Å². The van der Waals surface area contributed by atoms with E-state index in [1.807, 2.05) is 13.0 Å². The molecule has 5 rings (SSSR count). The smallest absolute Gasteiger partial charge is 0.225 e. The van der Waals surface area contributed by atoms with Crippen LogP contribution in [-0.4, -0.2) is 38.7 Å². The number of nitrogens with zero attached hydrogens (tertiary/aromatic N) is 4. The maximum absolute atomic E-state index is 4.98. The zero-order chi connectivity index (χ0) is 17.5. The Bertz CT molecular complexity index is 922. The minimum atomic E-state index is 0.416. The van der Waals surface area contributed by atoms with Gasteiger partial charge in [-0.1, -0.05) is 30.3 Å². The van der Waals surface area contributed by atoms with Crippen LogP contribution in [-0.2, 0) is 0 Å². The molecular weight excluding hydrogens is 324 g/mol. The Morgan fingerprint density at radius 1 is 1.00 bits per heavy atom. The predicted octanol–water partition coefficient (Wildman–Crippen LogP) is 3.30. The first kappa shape index (κ1) is 15.8. The van der Waals surface area contributed by atoms with Crippen molar-refractivity contribution in [2.45, 2.75) is 44.7 Å². The van der Waals surface area contributed by atoms with Crippen molar-refractivity contribution >= 4 is 17.1 Å². The van der Waals surface area contributed by atoms with E-state index in [4.69, 9.17) is 9.97 Å². The summed E-state index contributed by atoms with van der Waals surface area (Å²) in [5, 5.41) is 6.91. The number of imidazole rings is 1. The highest BCUT2D eigenvalue weighted by atomic mass is 15.2. The van der Waals surface area contributed by atoms with Gasteiger partial charge in [0.2, 0.25) is 5.95 Å². The van der Waals surface area contributed by atoms with Gasteiger partial charge in [-0.2, -0.15) is 4.98 Å². The van der Waals surface area contributed by atoms with E-state index in [-0.39, 0.29) is 0 Å². The van der Waals surface area contributed by atoms with Crippen molar-refractivity contribution in [3.63, 3.8) is 0 Å². The van der Waals surface area contributed by atoms with Crippen molar-refractivity contribution in [3.05, 3.63) is 36.0 Å². The van der Waals surface area contributed by atoms with Crippen molar-refractivity contribution in [1.82, 2.24) is 24.8 Å². The summed E-state index contributed by atoms with van der Waals surface area (Å²) in [7, 11) is 0. The second-order valence-electron chi connectivity index (χ2n) is 7.38. The summed E-state index contributed by atoms with van der Waals surface area (Å²) < 4.78 is 2.36. The van der Waals surface area contributed by atoms with Gasteiger partial charge in [0.15, 0.2) is 5.65 Å². The standard InChI is InChI=1S/C20H24N6/c1-13-17-19(25-20(22-13)23-15-7-8-15)26(16-9-11-21-12-10-16)18(24-17)14-5-3-2-4-6-14/h2-6,15-16,21H,7-12H2,1H3,(H,22,23,25). The topological polar surface area (TPSA) is 67.7 Å². The minimum Gasteiger partial charge on any atom is -0.351 e. The quantitative estimate of drug-likeness (QED) is 0.757. The third kappa shape index (κ3) is 2.84. The monoisotopic (exact) mass is 348 g/mol. The SMILES string of the molecule is Cc1nc(NC2CC2)nc2c1nc(-c1ccccc1)n2C1CCNCC1. The fourth-order valence-corrected chi connectivity index (χ4v) is 3.79. The molecule has 3 heterocycles. The van der Waals surface area contributed by atoms with Crippen molar-refractivity contribution < 1.29 is 0 Å². The Morgan fingerprint density at radius 2 is 1.77 bits per heavy atom. The molecule has 2 aromatic heterocycles. The van der Waals surface area contributed by atoms with Gasteiger partial charge in [-0.05, 0) is 45.7 Å². The molecule has 0 unspecified atom stereocenters. The van der Waals surface area contributed by atoms with Gasteiger partial charge in [-0.15, -0.1) is 0 Å². The van der Waals surface area contributed by atoms with E-state index >= 15 is 0 Å². The van der Waals surface area contributed by atoms with E-state index in [2.05, 4.69) is 44.5 Å². The van der Waals surface area contributed by atoms with Crippen molar-refractivity contribution in [2.24, 2.45) is 0 Å². The first-order chi connectivity index (χ1) is 12.8. The van der Waals surface area contributed by atoms with E-state index in [0.29, 0.717) is 12.1 Å². The Hall–Kier alpha value is -2.47. The largest absolute Gasteiger partial charge is 0.351 e. The summed E-state index contributed by atoms with van der Waals surface area (Å²) >= 11 is 0. The first-order valence-corrected chi connectivity index (χ1v) is 9.59. The maximum Gasteiger partial charge on any atom is 0.225 e. The third-order valence-corrected chi connectivity index (χ3v) is 5.33. The molecule has 1 aliphatic carbocycles. The van der Waals surface area contributed by atoms with Crippen LogP contribution in [0.1, 0.15) is 37.4 Å². The van der Waals surface area contributed by atoms with Crippen LogP contribution in [0, 0.1) is 6.92 Å². The van der Waals surface area contributed by atoms with E-state index in [1.165, 1.54) is 12.8 Å². The lowest BCUT2D eigenvalue weighted by atomic mass is 10.1. The molecule has 134 valence electrons. The second-order valence-corrected chi connectivity index (χ2v) is 7.38. The van der Waals surface area contributed by atoms with Gasteiger partial charge in [0.25, 0.3) is 0 Å². The fraction of sp³-hybridized carbons (Fsp3) is 0.450. The van der Waals surface area contributed by atoms with Gasteiger partial charge in [0, 0.05) is 17.6 Å². The van der Waals surface area contributed by atoms with Crippen molar-refractivity contribution in [3.8, 4) is 11.4 Å². The first-order valence-electron chi connectivity index (χ1n) is 9.59. The molecule has 0 radical (unpaired) electrons. The molecule has 2 N–H and O–H groups in total. The summed E-state index contributed by atoms with van der Waals surface area (Å²) in [5.74, 6) is 1.75. The van der Waals surface area contributed by atoms with Gasteiger partial charge in [0.05, 0.1) is 5.69 Å². The van der Waals surface area contributed by atoms with Gasteiger partial charge in [0.1, 0.15) is 11.3 Å². The van der Waals surface area contributed by atoms with Crippen LogP contribution in [0.4, 0.5) is 5.95 Å². The molecule has 0 atom stereocenters. The number of hydrogen-bond acceptors (Lipinski definition) is 5. The molecule has 26 heavy (non-hydrogen) atoms. The molecule has 1 saturated heterocycles. The Kier molecular flexibility index (Phi) is 3.85. The number of rotatable bonds is 4. The highest BCUT2D eigenvalue weighted by Crippen LogP contribution is 2.33. The summed E-state index contributed by atoms with van der Waals surface area (Å²) in [6.07, 6.45) is 4.62. The fourth-order valence-electron chi connectivity index (χ4n) is 3.79. The number of aromatic nitrogens is 4. The summed E-state index contributed by atoms with van der Waals surface area (Å²) in [6.45, 7) is 4.11.